The second-order valence-corrected chi connectivity index (χ2v) is 8.20. The summed E-state index contributed by atoms with van der Waals surface area (Å²) in [6.07, 6.45) is 4.12. The number of rotatable bonds is 5. The number of aromatic nitrogens is 1. The molecule has 5 nitrogen and oxygen atoms in total. The Hall–Kier alpha value is -2.18. The van der Waals surface area contributed by atoms with Crippen LogP contribution < -0.4 is 5.32 Å². The van der Waals surface area contributed by atoms with Crippen LogP contribution in [-0.4, -0.2) is 47.0 Å². The van der Waals surface area contributed by atoms with Crippen molar-refractivity contribution in [1.29, 1.82) is 0 Å². The van der Waals surface area contributed by atoms with Crippen LogP contribution >= 0.6 is 11.8 Å². The Bertz CT molecular complexity index is 893. The second kappa shape index (κ2) is 8.67. The van der Waals surface area contributed by atoms with Gasteiger partial charge in [0.25, 0.3) is 0 Å². The van der Waals surface area contributed by atoms with E-state index in [-0.39, 0.29) is 5.91 Å². The molecular formula is C21H26N4OS. The zero-order chi connectivity index (χ0) is 19.4. The number of hydrogen-bond donors (Lipinski definition) is 1. The minimum Gasteiger partial charge on any atom is -0.310 e. The quantitative estimate of drug-likeness (QED) is 0.615. The van der Waals surface area contributed by atoms with Gasteiger partial charge in [-0.05, 0) is 56.3 Å². The molecule has 0 unspecified atom stereocenters. The van der Waals surface area contributed by atoms with E-state index in [1.807, 2.05) is 25.1 Å². The number of pyridine rings is 1. The number of carbonyl (C=O) groups is 1. The smallest absolute Gasteiger partial charge is 0.239 e. The summed E-state index contributed by atoms with van der Waals surface area (Å²) >= 11 is 1.56. The first-order chi connectivity index (χ1) is 13.0. The molecule has 1 aliphatic heterocycles. The highest BCUT2D eigenvalue weighted by atomic mass is 32.2. The number of benzene rings is 1. The lowest BCUT2D eigenvalue weighted by Crippen LogP contribution is -2.35. The largest absolute Gasteiger partial charge is 0.310 e. The van der Waals surface area contributed by atoms with Crippen molar-refractivity contribution in [2.75, 3.05) is 25.5 Å². The van der Waals surface area contributed by atoms with Gasteiger partial charge in [0, 0.05) is 29.6 Å². The highest BCUT2D eigenvalue weighted by molar-refractivity contribution is 8.21. The molecule has 1 N–H and O–H groups in total. The number of hydrogen-bond acceptors (Lipinski definition) is 5. The molecule has 1 aliphatic rings. The fourth-order valence-electron chi connectivity index (χ4n) is 3.26. The molecule has 2 heterocycles. The number of nitrogens with zero attached hydrogens (tertiary/aromatic N) is 3. The van der Waals surface area contributed by atoms with E-state index in [1.165, 1.54) is 0 Å². The Labute approximate surface area is 165 Å². The van der Waals surface area contributed by atoms with Gasteiger partial charge in [-0.1, -0.05) is 30.5 Å². The molecule has 27 heavy (non-hydrogen) atoms. The van der Waals surface area contributed by atoms with Crippen LogP contribution in [0.4, 0.5) is 5.82 Å². The molecule has 1 atom stereocenters. The summed E-state index contributed by atoms with van der Waals surface area (Å²) < 4.78 is 0. The molecule has 1 amide bonds. The fourth-order valence-corrected chi connectivity index (χ4v) is 3.95. The third kappa shape index (κ3) is 4.96. The Kier molecular flexibility index (Phi) is 6.29. The topological polar surface area (TPSA) is 57.6 Å². The third-order valence-electron chi connectivity index (χ3n) is 4.93. The SMILES string of the molecule is C=C(S/C(C)=N\C)c1ccc2cnc(NC(=O)CN3CCC[C@H]3C)cc2c1. The molecule has 1 saturated heterocycles. The van der Waals surface area contributed by atoms with Gasteiger partial charge in [-0.15, -0.1) is 0 Å². The maximum atomic E-state index is 12.4. The van der Waals surface area contributed by atoms with Crippen molar-refractivity contribution in [3.63, 3.8) is 0 Å². The lowest BCUT2D eigenvalue weighted by Gasteiger charge is -2.19. The Balaban J connectivity index is 1.73. The number of thioether (sulfide) groups is 1. The van der Waals surface area contributed by atoms with Gasteiger partial charge in [0.2, 0.25) is 5.91 Å². The minimum atomic E-state index is -0.0125. The summed E-state index contributed by atoms with van der Waals surface area (Å²) in [5.74, 6) is 0.572. The Morgan fingerprint density at radius 3 is 2.93 bits per heavy atom. The average molecular weight is 383 g/mol. The van der Waals surface area contributed by atoms with Crippen molar-refractivity contribution in [2.24, 2.45) is 4.99 Å². The molecular weight excluding hydrogens is 356 g/mol. The number of nitrogens with one attached hydrogen (secondary N) is 1. The van der Waals surface area contributed by atoms with Crippen molar-refractivity contribution in [2.45, 2.75) is 32.7 Å². The van der Waals surface area contributed by atoms with Crippen LogP contribution in [0.25, 0.3) is 15.7 Å². The van der Waals surface area contributed by atoms with Crippen LogP contribution in [0.15, 0.2) is 42.0 Å². The first kappa shape index (κ1) is 19.6. The third-order valence-corrected chi connectivity index (χ3v) is 5.89. The zero-order valence-corrected chi connectivity index (χ0v) is 17.0. The molecule has 1 fully saturated rings. The molecule has 0 aliphatic carbocycles. The number of aliphatic imine (C=N–C) groups is 1. The van der Waals surface area contributed by atoms with Crippen LogP contribution in [0, 0.1) is 0 Å². The first-order valence-corrected chi connectivity index (χ1v) is 10.0. The Morgan fingerprint density at radius 1 is 1.41 bits per heavy atom. The van der Waals surface area contributed by atoms with Gasteiger partial charge in [-0.3, -0.25) is 14.7 Å². The molecule has 3 rings (SSSR count). The monoisotopic (exact) mass is 382 g/mol. The Morgan fingerprint density at radius 2 is 2.22 bits per heavy atom. The van der Waals surface area contributed by atoms with Crippen LogP contribution in [0.3, 0.4) is 0 Å². The number of carbonyl (C=O) groups excluding carboxylic acids is 1. The molecule has 1 aromatic heterocycles. The highest BCUT2D eigenvalue weighted by Gasteiger charge is 2.22. The number of likely N-dealkylation sites (tertiary alicyclic amines) is 1. The van der Waals surface area contributed by atoms with Gasteiger partial charge < -0.3 is 5.32 Å². The normalized spacial score (nSPS) is 18.0. The van der Waals surface area contributed by atoms with Gasteiger partial charge in [0.1, 0.15) is 5.82 Å². The molecule has 0 bridgehead atoms. The molecule has 0 radical (unpaired) electrons. The predicted molar refractivity (Wildman–Crippen MR) is 116 cm³/mol. The van der Waals surface area contributed by atoms with Crippen molar-refractivity contribution in [3.8, 4) is 0 Å². The number of anilines is 1. The molecule has 0 saturated carbocycles. The van der Waals surface area contributed by atoms with Gasteiger partial charge >= 0.3 is 0 Å². The van der Waals surface area contributed by atoms with Crippen molar-refractivity contribution in [3.05, 3.63) is 42.6 Å². The van der Waals surface area contributed by atoms with Gasteiger partial charge in [0.15, 0.2) is 0 Å². The lowest BCUT2D eigenvalue weighted by atomic mass is 10.1. The van der Waals surface area contributed by atoms with Crippen LogP contribution in [0.5, 0.6) is 0 Å². The van der Waals surface area contributed by atoms with E-state index in [4.69, 9.17) is 0 Å². The number of fused-ring (bicyclic) bond motifs is 1. The minimum absolute atomic E-state index is 0.0125. The summed E-state index contributed by atoms with van der Waals surface area (Å²) in [6.45, 7) is 9.70. The molecule has 0 spiro atoms. The van der Waals surface area contributed by atoms with Crippen molar-refractivity contribution in [1.82, 2.24) is 9.88 Å². The standard InChI is InChI=1S/C21H26N4OS/c1-14-6-5-9-25(14)13-21(26)24-20-11-19-10-17(7-8-18(19)12-23-20)15(2)27-16(3)22-4/h7-8,10-12,14H,2,5-6,9,13H2,1,3-4H3,(H,23,24,26)/b22-16-/t14-/m1/s1. The molecule has 1 aromatic carbocycles. The van der Waals surface area contributed by atoms with Crippen molar-refractivity contribution >= 4 is 44.2 Å². The molecule has 2 aromatic rings. The fraction of sp³-hybridized carbons (Fsp3) is 0.381. The summed E-state index contributed by atoms with van der Waals surface area (Å²) in [5.41, 5.74) is 1.05. The summed E-state index contributed by atoms with van der Waals surface area (Å²) in [5, 5.41) is 5.96. The van der Waals surface area contributed by atoms with E-state index in [9.17, 15) is 4.79 Å². The predicted octanol–water partition coefficient (Wildman–Crippen LogP) is 4.41. The van der Waals surface area contributed by atoms with E-state index in [1.54, 1.807) is 25.0 Å². The molecule has 6 heteroatoms. The number of amides is 1. The van der Waals surface area contributed by atoms with E-state index in [0.717, 1.165) is 45.7 Å². The van der Waals surface area contributed by atoms with Gasteiger partial charge in [-0.25, -0.2) is 4.98 Å². The van der Waals surface area contributed by atoms with Crippen LogP contribution in [-0.2, 0) is 4.79 Å². The summed E-state index contributed by atoms with van der Waals surface area (Å²) in [7, 11) is 1.78. The van der Waals surface area contributed by atoms with E-state index >= 15 is 0 Å². The van der Waals surface area contributed by atoms with Crippen LogP contribution in [0.1, 0.15) is 32.3 Å². The maximum absolute atomic E-state index is 12.4. The zero-order valence-electron chi connectivity index (χ0n) is 16.2. The van der Waals surface area contributed by atoms with E-state index in [2.05, 4.69) is 39.8 Å². The van der Waals surface area contributed by atoms with Crippen molar-refractivity contribution < 1.29 is 4.79 Å². The maximum Gasteiger partial charge on any atom is 0.239 e. The second-order valence-electron chi connectivity index (χ2n) is 6.91. The highest BCUT2D eigenvalue weighted by Crippen LogP contribution is 2.29. The summed E-state index contributed by atoms with van der Waals surface area (Å²) in [4.78, 5) is 24.1. The molecule has 142 valence electrons. The average Bonchev–Trinajstić information content (AvgIpc) is 3.05. The first-order valence-electron chi connectivity index (χ1n) is 9.20. The van der Waals surface area contributed by atoms with Gasteiger partial charge in [0.05, 0.1) is 11.6 Å². The van der Waals surface area contributed by atoms with Crippen LogP contribution in [0.2, 0.25) is 0 Å². The van der Waals surface area contributed by atoms with Gasteiger partial charge in [-0.2, -0.15) is 0 Å². The van der Waals surface area contributed by atoms with E-state index in [0.29, 0.717) is 18.4 Å². The van der Waals surface area contributed by atoms with E-state index < -0.39 is 0 Å². The summed E-state index contributed by atoms with van der Waals surface area (Å²) in [6, 6.07) is 8.53. The lowest BCUT2D eigenvalue weighted by molar-refractivity contribution is -0.117.